The Morgan fingerprint density at radius 2 is 1.31 bits per heavy atom. The Kier molecular flexibility index (Phi) is 9.97. The van der Waals surface area contributed by atoms with Gasteiger partial charge in [-0.3, -0.25) is 4.79 Å². The van der Waals surface area contributed by atoms with Gasteiger partial charge in [-0.25, -0.2) is 0 Å². The maximum atomic E-state index is 11.9. The fourth-order valence-corrected chi connectivity index (χ4v) is 4.40. The van der Waals surface area contributed by atoms with Gasteiger partial charge in [0, 0.05) is 6.92 Å². The summed E-state index contributed by atoms with van der Waals surface area (Å²) in [6, 6.07) is -1.42. The number of ether oxygens (including phenoxy) is 5. The molecule has 0 aromatic heterocycles. The zero-order valence-corrected chi connectivity index (χ0v) is 19.5. The van der Waals surface area contributed by atoms with Gasteiger partial charge in [0.05, 0.1) is 19.3 Å². The molecule has 0 aliphatic carbocycles. The third-order valence-corrected chi connectivity index (χ3v) is 6.45. The smallest absolute Gasteiger partial charge is 0.217 e. The van der Waals surface area contributed by atoms with E-state index < -0.39 is 111 Å². The van der Waals surface area contributed by atoms with Crippen LogP contribution in [-0.2, 0) is 28.5 Å². The van der Waals surface area contributed by atoms with Gasteiger partial charge in [-0.05, 0) is 6.92 Å². The van der Waals surface area contributed by atoms with Crippen LogP contribution >= 0.6 is 0 Å². The molecule has 210 valence electrons. The maximum absolute atomic E-state index is 11.9. The molecular formula is C20H35NO15. The molecule has 10 N–H and O–H groups in total. The largest absolute Gasteiger partial charge is 0.394 e. The van der Waals surface area contributed by atoms with Gasteiger partial charge in [-0.15, -0.1) is 0 Å². The second-order valence-corrected chi connectivity index (χ2v) is 9.05. The highest BCUT2D eigenvalue weighted by Gasteiger charge is 2.53. The Balaban J connectivity index is 1.82. The summed E-state index contributed by atoms with van der Waals surface area (Å²) in [6.45, 7) is 1.02. The summed E-state index contributed by atoms with van der Waals surface area (Å²) in [4.78, 5) is 11.9. The summed E-state index contributed by atoms with van der Waals surface area (Å²) >= 11 is 0. The van der Waals surface area contributed by atoms with E-state index in [1.807, 2.05) is 0 Å². The summed E-state index contributed by atoms with van der Waals surface area (Å²) in [5.41, 5.74) is 0. The van der Waals surface area contributed by atoms with Crippen LogP contribution in [0, 0.1) is 0 Å². The SMILES string of the molecule is CC(=O)N[C@H]1[C@H](O[C@@H]2[C@H](O)[C@H](C)O[C@H](O)[C@H]2O)O[C@H](CO)[C@@H](O[C@@H]2O[C@H](CO)[C@H](O)[C@H](O)[C@H]2O)[C@@H]1O. The molecule has 0 aromatic rings. The Hall–Kier alpha value is -1.09. The monoisotopic (exact) mass is 529 g/mol. The van der Waals surface area contributed by atoms with Gasteiger partial charge in [0.1, 0.15) is 67.1 Å². The molecule has 3 aliphatic heterocycles. The first-order chi connectivity index (χ1) is 16.9. The molecule has 0 aromatic carbocycles. The number of aliphatic hydroxyl groups excluding tert-OH is 9. The maximum Gasteiger partial charge on any atom is 0.217 e. The fraction of sp³-hybridized carbons (Fsp3) is 0.950. The quantitative estimate of drug-likeness (QED) is 0.147. The van der Waals surface area contributed by atoms with Crippen molar-refractivity contribution in [1.29, 1.82) is 0 Å². The number of amides is 1. The molecule has 15 atom stereocenters. The molecule has 0 unspecified atom stereocenters. The van der Waals surface area contributed by atoms with Crippen molar-refractivity contribution >= 4 is 5.91 Å². The highest BCUT2D eigenvalue weighted by Crippen LogP contribution is 2.32. The predicted octanol–water partition coefficient (Wildman–Crippen LogP) is -6.40. The summed E-state index contributed by atoms with van der Waals surface area (Å²) in [7, 11) is 0. The second kappa shape index (κ2) is 12.2. The van der Waals surface area contributed by atoms with Crippen molar-refractivity contribution in [3.05, 3.63) is 0 Å². The van der Waals surface area contributed by atoms with Gasteiger partial charge < -0.3 is 75.0 Å². The van der Waals surface area contributed by atoms with Crippen molar-refractivity contribution in [2.45, 2.75) is 106 Å². The number of carbonyl (C=O) groups is 1. The van der Waals surface area contributed by atoms with Gasteiger partial charge in [0.15, 0.2) is 18.9 Å². The van der Waals surface area contributed by atoms with E-state index in [1.165, 1.54) is 6.92 Å². The van der Waals surface area contributed by atoms with Crippen molar-refractivity contribution in [1.82, 2.24) is 5.32 Å². The summed E-state index contributed by atoms with van der Waals surface area (Å²) in [5.74, 6) is -0.647. The van der Waals surface area contributed by atoms with Crippen molar-refractivity contribution in [3.8, 4) is 0 Å². The molecule has 36 heavy (non-hydrogen) atoms. The van der Waals surface area contributed by atoms with Crippen LogP contribution in [0.15, 0.2) is 0 Å². The van der Waals surface area contributed by atoms with Gasteiger partial charge in [-0.2, -0.15) is 0 Å². The van der Waals surface area contributed by atoms with Crippen molar-refractivity contribution in [2.24, 2.45) is 0 Å². The second-order valence-electron chi connectivity index (χ2n) is 9.05. The van der Waals surface area contributed by atoms with Crippen molar-refractivity contribution in [3.63, 3.8) is 0 Å². The van der Waals surface area contributed by atoms with Gasteiger partial charge in [0.25, 0.3) is 0 Å². The molecule has 1 amide bonds. The van der Waals surface area contributed by atoms with Crippen LogP contribution in [-0.4, -0.2) is 157 Å². The molecule has 16 nitrogen and oxygen atoms in total. The molecule has 16 heteroatoms. The van der Waals surface area contributed by atoms with Crippen molar-refractivity contribution in [2.75, 3.05) is 13.2 Å². The van der Waals surface area contributed by atoms with E-state index in [2.05, 4.69) is 5.32 Å². The lowest BCUT2D eigenvalue weighted by Crippen LogP contribution is -2.69. The van der Waals surface area contributed by atoms with Crippen LogP contribution in [0.5, 0.6) is 0 Å². The third kappa shape index (κ3) is 5.97. The van der Waals surface area contributed by atoms with Crippen LogP contribution in [0.1, 0.15) is 13.8 Å². The Bertz CT molecular complexity index is 715. The van der Waals surface area contributed by atoms with E-state index >= 15 is 0 Å². The first kappa shape index (κ1) is 29.5. The van der Waals surface area contributed by atoms with E-state index in [4.69, 9.17) is 23.7 Å². The minimum absolute atomic E-state index is 0.647. The first-order valence-corrected chi connectivity index (χ1v) is 11.4. The number of hydrogen-bond acceptors (Lipinski definition) is 15. The normalized spacial score (nSPS) is 50.0. The standard InChI is InChI=1S/C20H35NO15/c1-5-10(25)17(15(30)18(31)32-5)36-19-9(21-6(2)24)12(27)16(8(4-23)34-19)35-20-14(29)13(28)11(26)7(3-22)33-20/h5,7-20,22-23,25-31H,3-4H2,1-2H3,(H,21,24)/t5-,7+,8+,9+,10+,11-,12+,13-,14+,15-,16+,17+,18-,19-,20-/m0/s1. The van der Waals surface area contributed by atoms with E-state index in [0.717, 1.165) is 6.92 Å². The number of hydrogen-bond donors (Lipinski definition) is 10. The van der Waals surface area contributed by atoms with Crippen LogP contribution < -0.4 is 5.32 Å². The highest BCUT2D eigenvalue weighted by molar-refractivity contribution is 5.73. The molecule has 0 bridgehead atoms. The van der Waals surface area contributed by atoms with Crippen LogP contribution in [0.4, 0.5) is 0 Å². The van der Waals surface area contributed by atoms with Crippen LogP contribution in [0.25, 0.3) is 0 Å². The van der Waals surface area contributed by atoms with E-state index in [9.17, 15) is 50.8 Å². The minimum Gasteiger partial charge on any atom is -0.394 e. The summed E-state index contributed by atoms with van der Waals surface area (Å²) < 4.78 is 27.2. The molecule has 3 fully saturated rings. The summed E-state index contributed by atoms with van der Waals surface area (Å²) in [6.07, 6.45) is -21.8. The molecule has 3 heterocycles. The van der Waals surface area contributed by atoms with Gasteiger partial charge in [-0.1, -0.05) is 0 Å². The molecule has 0 spiro atoms. The average molecular weight is 529 g/mol. The average Bonchev–Trinajstić information content (AvgIpc) is 2.83. The lowest BCUT2D eigenvalue weighted by molar-refractivity contribution is -0.364. The molecular weight excluding hydrogens is 494 g/mol. The zero-order chi connectivity index (χ0) is 26.9. The van der Waals surface area contributed by atoms with E-state index in [0.29, 0.717) is 0 Å². The fourth-order valence-electron chi connectivity index (χ4n) is 4.40. The molecule has 3 rings (SSSR count). The Labute approximate surface area is 205 Å². The minimum atomic E-state index is -1.82. The van der Waals surface area contributed by atoms with E-state index in [1.54, 1.807) is 0 Å². The first-order valence-electron chi connectivity index (χ1n) is 11.4. The molecule has 3 saturated heterocycles. The predicted molar refractivity (Wildman–Crippen MR) is 111 cm³/mol. The van der Waals surface area contributed by atoms with E-state index in [-0.39, 0.29) is 0 Å². The number of nitrogens with one attached hydrogen (secondary N) is 1. The van der Waals surface area contributed by atoms with Crippen molar-refractivity contribution < 1.29 is 74.4 Å². The lowest BCUT2D eigenvalue weighted by Gasteiger charge is -2.48. The highest BCUT2D eigenvalue weighted by atomic mass is 16.7. The third-order valence-electron chi connectivity index (χ3n) is 6.45. The molecule has 0 radical (unpaired) electrons. The number of carbonyl (C=O) groups excluding carboxylic acids is 1. The van der Waals surface area contributed by atoms with Crippen LogP contribution in [0.2, 0.25) is 0 Å². The molecule has 0 saturated carbocycles. The summed E-state index contributed by atoms with van der Waals surface area (Å²) in [5, 5.41) is 93.5. The Morgan fingerprint density at radius 1 is 0.722 bits per heavy atom. The van der Waals surface area contributed by atoms with Crippen LogP contribution in [0.3, 0.4) is 0 Å². The van der Waals surface area contributed by atoms with Gasteiger partial charge >= 0.3 is 0 Å². The number of rotatable bonds is 7. The molecule has 3 aliphatic rings. The topological polar surface area (TPSA) is 257 Å². The Morgan fingerprint density at radius 3 is 1.89 bits per heavy atom. The number of aliphatic hydroxyl groups is 9. The lowest BCUT2D eigenvalue weighted by atomic mass is 9.94. The zero-order valence-electron chi connectivity index (χ0n) is 19.5. The van der Waals surface area contributed by atoms with Gasteiger partial charge in [0.2, 0.25) is 5.91 Å².